The van der Waals surface area contributed by atoms with Crippen LogP contribution in [0.2, 0.25) is 0 Å². The molecular weight excluding hydrogens is 244 g/mol. The van der Waals surface area contributed by atoms with Gasteiger partial charge in [-0.1, -0.05) is 27.7 Å². The quantitative estimate of drug-likeness (QED) is 0.637. The van der Waals surface area contributed by atoms with Crippen molar-refractivity contribution in [3.8, 4) is 0 Å². The normalized spacial score (nSPS) is 12.5. The SMILES string of the molecule is Cc1sc(CN=C(N)NCC(C)C)nc1C(C)C. The van der Waals surface area contributed by atoms with Gasteiger partial charge in [0.25, 0.3) is 0 Å². The fourth-order valence-electron chi connectivity index (χ4n) is 1.59. The van der Waals surface area contributed by atoms with Crippen molar-refractivity contribution in [2.45, 2.75) is 47.1 Å². The number of rotatable bonds is 5. The molecule has 0 spiro atoms. The van der Waals surface area contributed by atoms with Gasteiger partial charge in [-0.15, -0.1) is 11.3 Å². The zero-order valence-electron chi connectivity index (χ0n) is 11.9. The van der Waals surface area contributed by atoms with Crippen LogP contribution in [0.4, 0.5) is 0 Å². The van der Waals surface area contributed by atoms with Crippen molar-refractivity contribution in [1.82, 2.24) is 10.3 Å². The summed E-state index contributed by atoms with van der Waals surface area (Å²) in [6, 6.07) is 0. The van der Waals surface area contributed by atoms with Gasteiger partial charge in [-0.25, -0.2) is 9.98 Å². The zero-order valence-corrected chi connectivity index (χ0v) is 12.8. The number of hydrogen-bond acceptors (Lipinski definition) is 3. The van der Waals surface area contributed by atoms with Crippen LogP contribution in [-0.4, -0.2) is 17.5 Å². The van der Waals surface area contributed by atoms with Gasteiger partial charge in [-0.05, 0) is 18.8 Å². The standard InChI is InChI=1S/C13H24N4S/c1-8(2)6-15-13(14)16-7-11-17-12(9(3)4)10(5)18-11/h8-9H,6-7H2,1-5H3,(H3,14,15,16). The van der Waals surface area contributed by atoms with Crippen molar-refractivity contribution < 1.29 is 0 Å². The van der Waals surface area contributed by atoms with Crippen molar-refractivity contribution in [2.75, 3.05) is 6.54 Å². The average Bonchev–Trinajstić information content (AvgIpc) is 2.65. The van der Waals surface area contributed by atoms with Crippen molar-refractivity contribution in [3.63, 3.8) is 0 Å². The first kappa shape index (κ1) is 15.0. The van der Waals surface area contributed by atoms with Crippen molar-refractivity contribution in [1.29, 1.82) is 0 Å². The second-order valence-electron chi connectivity index (χ2n) is 5.18. The first-order chi connectivity index (χ1) is 8.40. The van der Waals surface area contributed by atoms with Crippen LogP contribution in [0.5, 0.6) is 0 Å². The van der Waals surface area contributed by atoms with Crippen LogP contribution in [0, 0.1) is 12.8 Å². The maximum atomic E-state index is 5.79. The summed E-state index contributed by atoms with van der Waals surface area (Å²) in [5.74, 6) is 1.53. The molecule has 5 heteroatoms. The summed E-state index contributed by atoms with van der Waals surface area (Å²) in [7, 11) is 0. The van der Waals surface area contributed by atoms with E-state index in [1.165, 1.54) is 10.6 Å². The van der Waals surface area contributed by atoms with Gasteiger partial charge in [0, 0.05) is 11.4 Å². The Hall–Kier alpha value is -1.10. The lowest BCUT2D eigenvalue weighted by atomic mass is 10.1. The summed E-state index contributed by atoms with van der Waals surface area (Å²) < 4.78 is 0. The highest BCUT2D eigenvalue weighted by Gasteiger charge is 2.10. The minimum absolute atomic E-state index is 0.468. The molecule has 0 aliphatic carbocycles. The van der Waals surface area contributed by atoms with E-state index < -0.39 is 0 Å². The fourth-order valence-corrected chi connectivity index (χ4v) is 2.60. The molecule has 0 bridgehead atoms. The van der Waals surface area contributed by atoms with Crippen molar-refractivity contribution >= 4 is 17.3 Å². The molecule has 0 saturated heterocycles. The van der Waals surface area contributed by atoms with Crippen molar-refractivity contribution in [2.24, 2.45) is 16.6 Å². The summed E-state index contributed by atoms with van der Waals surface area (Å²) in [6.07, 6.45) is 0. The molecule has 0 aliphatic rings. The maximum absolute atomic E-state index is 5.79. The monoisotopic (exact) mass is 268 g/mol. The second-order valence-corrected chi connectivity index (χ2v) is 6.47. The molecular formula is C13H24N4S. The third-order valence-corrected chi connectivity index (χ3v) is 3.47. The van der Waals surface area contributed by atoms with Gasteiger partial charge >= 0.3 is 0 Å². The van der Waals surface area contributed by atoms with Crippen LogP contribution >= 0.6 is 11.3 Å². The minimum atomic E-state index is 0.468. The molecule has 3 N–H and O–H groups in total. The third-order valence-electron chi connectivity index (χ3n) is 2.50. The number of nitrogens with two attached hydrogens (primary N) is 1. The zero-order chi connectivity index (χ0) is 13.7. The van der Waals surface area contributed by atoms with E-state index in [-0.39, 0.29) is 0 Å². The molecule has 0 aromatic carbocycles. The Balaban J connectivity index is 2.57. The molecule has 102 valence electrons. The molecule has 0 fully saturated rings. The number of aryl methyl sites for hydroxylation is 1. The largest absolute Gasteiger partial charge is 0.370 e. The lowest BCUT2D eigenvalue weighted by Crippen LogP contribution is -2.34. The Labute approximate surface area is 114 Å². The fraction of sp³-hybridized carbons (Fsp3) is 0.692. The predicted octanol–water partition coefficient (Wildman–Crippen LogP) is 2.64. The van der Waals surface area contributed by atoms with E-state index in [9.17, 15) is 0 Å². The molecule has 0 saturated carbocycles. The smallest absolute Gasteiger partial charge is 0.189 e. The molecule has 0 radical (unpaired) electrons. The summed E-state index contributed by atoms with van der Waals surface area (Å²) in [5.41, 5.74) is 6.97. The Morgan fingerprint density at radius 3 is 2.56 bits per heavy atom. The van der Waals surface area contributed by atoms with E-state index >= 15 is 0 Å². The molecule has 1 rings (SSSR count). The number of aromatic nitrogens is 1. The number of nitrogens with zero attached hydrogens (tertiary/aromatic N) is 2. The van der Waals surface area contributed by atoms with E-state index in [1.807, 2.05) is 0 Å². The number of nitrogens with one attached hydrogen (secondary N) is 1. The van der Waals surface area contributed by atoms with E-state index in [0.717, 1.165) is 11.6 Å². The maximum Gasteiger partial charge on any atom is 0.189 e. The highest BCUT2D eigenvalue weighted by molar-refractivity contribution is 7.11. The van der Waals surface area contributed by atoms with Crippen molar-refractivity contribution in [3.05, 3.63) is 15.6 Å². The lowest BCUT2D eigenvalue weighted by molar-refractivity contribution is 0.621. The van der Waals surface area contributed by atoms with Gasteiger partial charge in [0.05, 0.1) is 12.2 Å². The highest BCUT2D eigenvalue weighted by atomic mass is 32.1. The Bertz CT molecular complexity index is 407. The van der Waals surface area contributed by atoms with Crippen LogP contribution in [0.1, 0.15) is 49.2 Å². The third kappa shape index (κ3) is 4.64. The average molecular weight is 268 g/mol. The highest BCUT2D eigenvalue weighted by Crippen LogP contribution is 2.24. The summed E-state index contributed by atoms with van der Waals surface area (Å²) in [4.78, 5) is 10.2. The number of guanidine groups is 1. The van der Waals surface area contributed by atoms with Gasteiger partial charge in [-0.2, -0.15) is 0 Å². The summed E-state index contributed by atoms with van der Waals surface area (Å²) in [5, 5.41) is 4.13. The van der Waals surface area contributed by atoms with E-state index in [4.69, 9.17) is 5.73 Å². The number of hydrogen-bond donors (Lipinski definition) is 2. The number of aliphatic imine (C=N–C) groups is 1. The van der Waals surface area contributed by atoms with Crippen LogP contribution in [0.25, 0.3) is 0 Å². The van der Waals surface area contributed by atoms with E-state index in [0.29, 0.717) is 24.3 Å². The molecule has 0 aliphatic heterocycles. The van der Waals surface area contributed by atoms with Gasteiger partial charge < -0.3 is 11.1 Å². The Morgan fingerprint density at radius 1 is 1.39 bits per heavy atom. The molecule has 4 nitrogen and oxygen atoms in total. The molecule has 1 heterocycles. The van der Waals surface area contributed by atoms with Crippen LogP contribution < -0.4 is 11.1 Å². The van der Waals surface area contributed by atoms with Gasteiger partial charge in [0.2, 0.25) is 0 Å². The van der Waals surface area contributed by atoms with Crippen LogP contribution in [0.3, 0.4) is 0 Å². The molecule has 1 aromatic heterocycles. The first-order valence-corrected chi connectivity index (χ1v) is 7.21. The van der Waals surface area contributed by atoms with E-state index in [1.54, 1.807) is 11.3 Å². The summed E-state index contributed by atoms with van der Waals surface area (Å²) in [6.45, 7) is 12.1. The van der Waals surface area contributed by atoms with Gasteiger partial charge in [0.1, 0.15) is 5.01 Å². The minimum Gasteiger partial charge on any atom is -0.370 e. The van der Waals surface area contributed by atoms with Gasteiger partial charge in [0.15, 0.2) is 5.96 Å². The van der Waals surface area contributed by atoms with Crippen LogP contribution in [-0.2, 0) is 6.54 Å². The molecule has 0 unspecified atom stereocenters. The summed E-state index contributed by atoms with van der Waals surface area (Å²) >= 11 is 1.71. The number of thiazole rings is 1. The Morgan fingerprint density at radius 2 is 2.06 bits per heavy atom. The predicted molar refractivity (Wildman–Crippen MR) is 79.1 cm³/mol. The second kappa shape index (κ2) is 6.73. The molecule has 0 amide bonds. The first-order valence-electron chi connectivity index (χ1n) is 6.40. The Kier molecular flexibility index (Phi) is 5.59. The molecule has 1 aromatic rings. The van der Waals surface area contributed by atoms with Crippen LogP contribution in [0.15, 0.2) is 4.99 Å². The topological polar surface area (TPSA) is 63.3 Å². The molecule has 18 heavy (non-hydrogen) atoms. The van der Waals surface area contributed by atoms with E-state index in [2.05, 4.69) is 49.9 Å². The molecule has 0 atom stereocenters. The lowest BCUT2D eigenvalue weighted by Gasteiger charge is -2.07. The van der Waals surface area contributed by atoms with Gasteiger partial charge in [-0.3, -0.25) is 0 Å².